The van der Waals surface area contributed by atoms with Gasteiger partial charge in [-0.2, -0.15) is 13.2 Å². The number of carbonyl (C=O) groups is 1. The van der Waals surface area contributed by atoms with Gasteiger partial charge in [0.1, 0.15) is 10.6 Å². The highest BCUT2D eigenvalue weighted by molar-refractivity contribution is 7.89. The van der Waals surface area contributed by atoms with Crippen molar-refractivity contribution in [2.45, 2.75) is 17.5 Å². The summed E-state index contributed by atoms with van der Waals surface area (Å²) in [5.74, 6) is -1.33. The molecule has 0 radical (unpaired) electrons. The van der Waals surface area contributed by atoms with Crippen LogP contribution in [0.25, 0.3) is 0 Å². The first-order chi connectivity index (χ1) is 8.95. The number of carboxylic acids is 1. The maximum absolute atomic E-state index is 12.1. The van der Waals surface area contributed by atoms with Gasteiger partial charge in [0.05, 0.1) is 6.42 Å². The Kier molecular flexibility index (Phi) is 4.49. The van der Waals surface area contributed by atoms with E-state index in [0.717, 1.165) is 23.9 Å². The van der Waals surface area contributed by atoms with Gasteiger partial charge in [-0.3, -0.25) is 0 Å². The molecule has 6 nitrogen and oxygen atoms in total. The van der Waals surface area contributed by atoms with Crippen LogP contribution in [0.5, 0.6) is 0 Å². The number of alkyl halides is 3. The van der Waals surface area contributed by atoms with Gasteiger partial charge in [-0.1, -0.05) is 0 Å². The van der Waals surface area contributed by atoms with Crippen LogP contribution < -0.4 is 0 Å². The van der Waals surface area contributed by atoms with E-state index in [9.17, 15) is 26.4 Å². The van der Waals surface area contributed by atoms with E-state index < -0.39 is 35.1 Å². The molecule has 1 rings (SSSR count). The molecule has 0 aliphatic rings. The van der Waals surface area contributed by atoms with E-state index in [1.165, 1.54) is 7.05 Å². The Labute approximate surface area is 113 Å². The molecule has 1 heterocycles. The summed E-state index contributed by atoms with van der Waals surface area (Å²) in [6.45, 7) is -0.733. The van der Waals surface area contributed by atoms with Crippen molar-refractivity contribution in [1.29, 1.82) is 0 Å². The van der Waals surface area contributed by atoms with Crippen molar-refractivity contribution in [3.63, 3.8) is 0 Å². The lowest BCUT2D eigenvalue weighted by molar-refractivity contribution is -0.135. The Balaban J connectivity index is 2.99. The van der Waals surface area contributed by atoms with Crippen molar-refractivity contribution in [2.75, 3.05) is 13.6 Å². The Hall–Kier alpha value is -1.55. The second kappa shape index (κ2) is 5.44. The Morgan fingerprint density at radius 2 is 2.00 bits per heavy atom. The predicted molar refractivity (Wildman–Crippen MR) is 62.9 cm³/mol. The largest absolute Gasteiger partial charge is 0.477 e. The third-order valence-electron chi connectivity index (χ3n) is 2.62. The quantitative estimate of drug-likeness (QED) is 0.888. The van der Waals surface area contributed by atoms with Gasteiger partial charge >= 0.3 is 12.1 Å². The first kappa shape index (κ1) is 16.5. The monoisotopic (exact) mass is 314 g/mol. The Bertz CT molecular complexity index is 607. The number of rotatable bonds is 5. The normalized spacial score (nSPS) is 12.9. The van der Waals surface area contributed by atoms with E-state index in [4.69, 9.17) is 5.11 Å². The first-order valence-corrected chi connectivity index (χ1v) is 6.82. The smallest absolute Gasteiger partial charge is 0.390 e. The second-order valence-electron chi connectivity index (χ2n) is 4.17. The van der Waals surface area contributed by atoms with E-state index in [-0.39, 0.29) is 10.6 Å². The molecule has 0 atom stereocenters. The molecule has 0 unspecified atom stereocenters. The van der Waals surface area contributed by atoms with Gasteiger partial charge in [0.2, 0.25) is 10.0 Å². The average Bonchev–Trinajstić information content (AvgIpc) is 2.67. The number of sulfonamides is 1. The molecule has 1 aromatic rings. The van der Waals surface area contributed by atoms with Gasteiger partial charge in [-0.25, -0.2) is 17.5 Å². The van der Waals surface area contributed by atoms with E-state index in [0.29, 0.717) is 4.31 Å². The first-order valence-electron chi connectivity index (χ1n) is 5.38. The molecule has 0 saturated heterocycles. The van der Waals surface area contributed by atoms with Gasteiger partial charge < -0.3 is 9.67 Å². The standard InChI is InChI=1S/C10H13F3N2O4S/c1-14-6-7(5-8(14)9(16)17)20(18,19)15(2)4-3-10(11,12)13/h5-6H,3-4H2,1-2H3,(H,16,17). The molecule has 1 N–H and O–H groups in total. The zero-order valence-corrected chi connectivity index (χ0v) is 11.5. The lowest BCUT2D eigenvalue weighted by Gasteiger charge is -2.17. The van der Waals surface area contributed by atoms with Crippen LogP contribution in [0.2, 0.25) is 0 Å². The van der Waals surface area contributed by atoms with Gasteiger partial charge in [0, 0.05) is 26.8 Å². The van der Waals surface area contributed by atoms with Crippen LogP contribution in [0.1, 0.15) is 16.9 Å². The SMILES string of the molecule is CN(CCC(F)(F)F)S(=O)(=O)c1cc(C(=O)O)n(C)c1. The Morgan fingerprint density at radius 1 is 1.45 bits per heavy atom. The second-order valence-corrected chi connectivity index (χ2v) is 6.21. The van der Waals surface area contributed by atoms with Crippen molar-refractivity contribution in [3.05, 3.63) is 18.0 Å². The van der Waals surface area contributed by atoms with Crippen LogP contribution in [0.4, 0.5) is 13.2 Å². The van der Waals surface area contributed by atoms with Crippen LogP contribution in [-0.2, 0) is 17.1 Å². The molecular weight excluding hydrogens is 301 g/mol. The van der Waals surface area contributed by atoms with Crippen LogP contribution in [0, 0.1) is 0 Å². The minimum atomic E-state index is -4.47. The molecule has 0 saturated carbocycles. The Morgan fingerprint density at radius 3 is 2.40 bits per heavy atom. The molecule has 0 aromatic carbocycles. The minimum absolute atomic E-state index is 0.271. The predicted octanol–water partition coefficient (Wildman–Crippen LogP) is 1.30. The number of hydrogen-bond donors (Lipinski definition) is 1. The van der Waals surface area contributed by atoms with Gasteiger partial charge in [0.15, 0.2) is 0 Å². The van der Waals surface area contributed by atoms with Crippen molar-refractivity contribution in [2.24, 2.45) is 7.05 Å². The summed E-state index contributed by atoms with van der Waals surface area (Å²) >= 11 is 0. The summed E-state index contributed by atoms with van der Waals surface area (Å²) in [7, 11) is -1.81. The molecule has 114 valence electrons. The van der Waals surface area contributed by atoms with Crippen molar-refractivity contribution >= 4 is 16.0 Å². The highest BCUT2D eigenvalue weighted by atomic mass is 32.2. The van der Waals surface area contributed by atoms with Gasteiger partial charge in [0.25, 0.3) is 0 Å². The molecule has 10 heteroatoms. The fourth-order valence-corrected chi connectivity index (χ4v) is 2.72. The molecule has 0 amide bonds. The third kappa shape index (κ3) is 3.73. The number of aromatic carboxylic acids is 1. The number of aromatic nitrogens is 1. The van der Waals surface area contributed by atoms with Crippen molar-refractivity contribution in [3.8, 4) is 0 Å². The summed E-state index contributed by atoms with van der Waals surface area (Å²) in [5, 5.41) is 8.82. The molecular formula is C10H13F3N2O4S. The lowest BCUT2D eigenvalue weighted by Crippen LogP contribution is -2.30. The molecule has 0 fully saturated rings. The summed E-state index contributed by atoms with van der Waals surface area (Å²) in [4.78, 5) is 10.5. The van der Waals surface area contributed by atoms with E-state index in [1.807, 2.05) is 0 Å². The molecule has 20 heavy (non-hydrogen) atoms. The topological polar surface area (TPSA) is 79.6 Å². The molecule has 0 spiro atoms. The number of aryl methyl sites for hydroxylation is 1. The number of carboxylic acid groups (broad SMARTS) is 1. The van der Waals surface area contributed by atoms with E-state index in [1.54, 1.807) is 0 Å². The van der Waals surface area contributed by atoms with E-state index in [2.05, 4.69) is 0 Å². The fraction of sp³-hybridized carbons (Fsp3) is 0.500. The van der Waals surface area contributed by atoms with Crippen molar-refractivity contribution in [1.82, 2.24) is 8.87 Å². The molecule has 0 aliphatic heterocycles. The zero-order valence-electron chi connectivity index (χ0n) is 10.7. The summed E-state index contributed by atoms with van der Waals surface area (Å²) in [5.41, 5.74) is -0.271. The number of hydrogen-bond acceptors (Lipinski definition) is 3. The minimum Gasteiger partial charge on any atom is -0.477 e. The highest BCUT2D eigenvalue weighted by Gasteiger charge is 2.31. The fourth-order valence-electron chi connectivity index (χ4n) is 1.47. The van der Waals surface area contributed by atoms with Crippen molar-refractivity contribution < 1.29 is 31.5 Å². The maximum Gasteiger partial charge on any atom is 0.390 e. The maximum atomic E-state index is 12.1. The number of halogens is 3. The molecule has 0 aliphatic carbocycles. The molecule has 1 aromatic heterocycles. The molecule has 0 bridgehead atoms. The van der Waals surface area contributed by atoms with Crippen LogP contribution in [0.15, 0.2) is 17.2 Å². The number of nitrogens with zero attached hydrogens (tertiary/aromatic N) is 2. The highest BCUT2D eigenvalue weighted by Crippen LogP contribution is 2.22. The summed E-state index contributed by atoms with van der Waals surface area (Å²) < 4.78 is 61.8. The summed E-state index contributed by atoms with van der Waals surface area (Å²) in [6.07, 6.45) is -4.70. The third-order valence-corrected chi connectivity index (χ3v) is 4.44. The average molecular weight is 314 g/mol. The van der Waals surface area contributed by atoms with Crippen LogP contribution in [0.3, 0.4) is 0 Å². The van der Waals surface area contributed by atoms with Gasteiger partial charge in [-0.05, 0) is 6.07 Å². The van der Waals surface area contributed by atoms with Crippen LogP contribution >= 0.6 is 0 Å². The van der Waals surface area contributed by atoms with Crippen LogP contribution in [-0.4, -0.2) is 48.1 Å². The van der Waals surface area contributed by atoms with Gasteiger partial charge in [-0.15, -0.1) is 0 Å². The van der Waals surface area contributed by atoms with E-state index >= 15 is 0 Å². The lowest BCUT2D eigenvalue weighted by atomic mass is 10.4. The zero-order chi connectivity index (χ0) is 15.7. The summed E-state index contributed by atoms with van der Waals surface area (Å²) in [6, 6.07) is 0.905.